The third kappa shape index (κ3) is 2.87. The summed E-state index contributed by atoms with van der Waals surface area (Å²) < 4.78 is 12.6. The lowest BCUT2D eigenvalue weighted by molar-refractivity contribution is 0.390. The highest BCUT2D eigenvalue weighted by Gasteiger charge is 2.16. The first-order valence-electron chi connectivity index (χ1n) is 7.31. The van der Waals surface area contributed by atoms with Gasteiger partial charge >= 0.3 is 0 Å². The maximum Gasteiger partial charge on any atom is 0.238 e. The third-order valence-corrected chi connectivity index (χ3v) is 5.13. The van der Waals surface area contributed by atoms with Crippen molar-refractivity contribution < 1.29 is 8.94 Å². The molecule has 0 bridgehead atoms. The van der Waals surface area contributed by atoms with E-state index in [0.29, 0.717) is 23.2 Å². The fourth-order valence-corrected chi connectivity index (χ4v) is 3.77. The molecule has 0 amide bonds. The number of aromatic nitrogens is 5. The fourth-order valence-electron chi connectivity index (χ4n) is 2.21. The van der Waals surface area contributed by atoms with Crippen LogP contribution in [0.2, 0.25) is 0 Å². The van der Waals surface area contributed by atoms with Gasteiger partial charge in [-0.3, -0.25) is 0 Å². The zero-order valence-corrected chi connectivity index (χ0v) is 14.4. The molecule has 0 N–H and O–H groups in total. The normalized spacial score (nSPS) is 11.2. The number of nitrogens with zero attached hydrogens (tertiary/aromatic N) is 5. The van der Waals surface area contributed by atoms with Crippen molar-refractivity contribution in [3.63, 3.8) is 0 Å². The van der Waals surface area contributed by atoms with E-state index in [1.807, 2.05) is 17.5 Å². The van der Waals surface area contributed by atoms with E-state index < -0.39 is 0 Å². The zero-order valence-electron chi connectivity index (χ0n) is 12.7. The Morgan fingerprint density at radius 3 is 2.96 bits per heavy atom. The van der Waals surface area contributed by atoms with Crippen LogP contribution in [0.25, 0.3) is 22.3 Å². The van der Waals surface area contributed by atoms with Crippen molar-refractivity contribution in [1.82, 2.24) is 24.9 Å². The van der Waals surface area contributed by atoms with Crippen molar-refractivity contribution in [3.8, 4) is 22.3 Å². The molecule has 0 fully saturated rings. The van der Waals surface area contributed by atoms with Crippen molar-refractivity contribution in [1.29, 1.82) is 0 Å². The van der Waals surface area contributed by atoms with Gasteiger partial charge in [-0.2, -0.15) is 4.98 Å². The zero-order chi connectivity index (χ0) is 16.4. The van der Waals surface area contributed by atoms with Crippen LogP contribution < -0.4 is 0 Å². The number of rotatable bonds is 6. The molecule has 4 aromatic rings. The average Bonchev–Trinajstić information content (AvgIpc) is 3.40. The molecule has 0 unspecified atom stereocenters. The van der Waals surface area contributed by atoms with Crippen LogP contribution in [0, 0.1) is 0 Å². The predicted octanol–water partition coefficient (Wildman–Crippen LogP) is 3.96. The number of thiophene rings is 1. The quantitative estimate of drug-likeness (QED) is 0.482. The molecule has 7 nitrogen and oxygen atoms in total. The minimum absolute atomic E-state index is 0.451. The Kier molecular flexibility index (Phi) is 4.18. The summed E-state index contributed by atoms with van der Waals surface area (Å²) >= 11 is 3.17. The Hall–Kier alpha value is -2.39. The van der Waals surface area contributed by atoms with Crippen molar-refractivity contribution in [3.05, 3.63) is 41.8 Å². The third-order valence-electron chi connectivity index (χ3n) is 3.31. The van der Waals surface area contributed by atoms with Crippen molar-refractivity contribution >= 4 is 23.1 Å². The lowest BCUT2D eigenvalue weighted by Gasteiger charge is -2.04. The Balaban J connectivity index is 1.50. The SMILES string of the molecule is CCn1c(SCc2nc(-c3ccco3)no2)nnc1-c1cccs1. The second kappa shape index (κ2) is 6.62. The Bertz CT molecular complexity index is 912. The molecule has 0 saturated carbocycles. The van der Waals surface area contributed by atoms with Gasteiger partial charge in [-0.25, -0.2) is 0 Å². The second-order valence-corrected chi connectivity index (χ2v) is 6.70. The van der Waals surface area contributed by atoms with Crippen LogP contribution in [0.1, 0.15) is 12.8 Å². The van der Waals surface area contributed by atoms with E-state index in [9.17, 15) is 0 Å². The molecule has 9 heteroatoms. The first kappa shape index (κ1) is 15.2. The first-order valence-corrected chi connectivity index (χ1v) is 9.18. The van der Waals surface area contributed by atoms with Crippen LogP contribution in [-0.2, 0) is 12.3 Å². The molecule has 0 aromatic carbocycles. The van der Waals surface area contributed by atoms with Crippen molar-refractivity contribution in [2.45, 2.75) is 24.4 Å². The molecule has 0 aliphatic heterocycles. The molecule has 0 spiro atoms. The number of thioether (sulfide) groups is 1. The van der Waals surface area contributed by atoms with Gasteiger partial charge in [0.25, 0.3) is 0 Å². The number of hydrogen-bond donors (Lipinski definition) is 0. The van der Waals surface area contributed by atoms with Crippen LogP contribution >= 0.6 is 23.1 Å². The van der Waals surface area contributed by atoms with Gasteiger partial charge < -0.3 is 13.5 Å². The summed E-state index contributed by atoms with van der Waals surface area (Å²) in [6, 6.07) is 7.64. The first-order chi connectivity index (χ1) is 11.8. The lowest BCUT2D eigenvalue weighted by atomic mass is 10.4. The number of furan rings is 1. The average molecular weight is 359 g/mol. The lowest BCUT2D eigenvalue weighted by Crippen LogP contribution is -1.99. The molecule has 122 valence electrons. The van der Waals surface area contributed by atoms with Crippen LogP contribution in [0.15, 0.2) is 50.0 Å². The topological polar surface area (TPSA) is 82.8 Å². The minimum Gasteiger partial charge on any atom is -0.461 e. The molecular weight excluding hydrogens is 346 g/mol. The summed E-state index contributed by atoms with van der Waals surface area (Å²) in [4.78, 5) is 5.44. The summed E-state index contributed by atoms with van der Waals surface area (Å²) in [6.45, 7) is 2.87. The summed E-state index contributed by atoms with van der Waals surface area (Å²) in [7, 11) is 0. The molecule has 24 heavy (non-hydrogen) atoms. The molecule has 0 atom stereocenters. The molecule has 4 aromatic heterocycles. The molecule has 4 heterocycles. The van der Waals surface area contributed by atoms with Gasteiger partial charge in [0.05, 0.1) is 16.9 Å². The van der Waals surface area contributed by atoms with E-state index in [2.05, 4.69) is 31.8 Å². The van der Waals surface area contributed by atoms with E-state index in [1.54, 1.807) is 29.7 Å². The molecule has 0 aliphatic rings. The molecule has 0 saturated heterocycles. The van der Waals surface area contributed by atoms with Gasteiger partial charge in [0.15, 0.2) is 16.7 Å². The Morgan fingerprint density at radius 1 is 1.25 bits per heavy atom. The Morgan fingerprint density at radius 2 is 2.21 bits per heavy atom. The van der Waals surface area contributed by atoms with Crippen molar-refractivity contribution in [2.75, 3.05) is 0 Å². The predicted molar refractivity (Wildman–Crippen MR) is 90.6 cm³/mol. The standard InChI is InChI=1S/C15H13N5O2S2/c1-2-20-14(11-6-4-8-23-11)17-18-15(20)24-9-12-16-13(19-22-12)10-5-3-7-21-10/h3-8H,2,9H2,1H3. The second-order valence-electron chi connectivity index (χ2n) is 4.81. The van der Waals surface area contributed by atoms with Gasteiger partial charge in [0.2, 0.25) is 11.7 Å². The smallest absolute Gasteiger partial charge is 0.238 e. The van der Waals surface area contributed by atoms with E-state index in [4.69, 9.17) is 8.94 Å². The molecule has 4 rings (SSSR count). The van der Waals surface area contributed by atoms with Gasteiger partial charge in [-0.15, -0.1) is 21.5 Å². The van der Waals surface area contributed by atoms with E-state index in [1.165, 1.54) is 11.8 Å². The van der Waals surface area contributed by atoms with Gasteiger partial charge in [-0.05, 0) is 30.5 Å². The van der Waals surface area contributed by atoms with Gasteiger partial charge in [0, 0.05) is 6.54 Å². The summed E-state index contributed by atoms with van der Waals surface area (Å²) in [5.41, 5.74) is 0. The summed E-state index contributed by atoms with van der Waals surface area (Å²) in [6.07, 6.45) is 1.58. The highest BCUT2D eigenvalue weighted by molar-refractivity contribution is 7.98. The molecule has 0 radical (unpaired) electrons. The van der Waals surface area contributed by atoms with E-state index in [0.717, 1.165) is 22.4 Å². The summed E-state index contributed by atoms with van der Waals surface area (Å²) in [5.74, 6) is 2.97. The Labute approximate surface area is 145 Å². The fraction of sp³-hybridized carbons (Fsp3) is 0.200. The largest absolute Gasteiger partial charge is 0.461 e. The monoisotopic (exact) mass is 359 g/mol. The molecule has 0 aliphatic carbocycles. The summed E-state index contributed by atoms with van der Waals surface area (Å²) in [5, 5.41) is 15.4. The maximum absolute atomic E-state index is 5.27. The van der Waals surface area contributed by atoms with Crippen LogP contribution in [0.5, 0.6) is 0 Å². The van der Waals surface area contributed by atoms with Gasteiger partial charge in [0.1, 0.15) is 0 Å². The molecular formula is C15H13N5O2S2. The highest BCUT2D eigenvalue weighted by Crippen LogP contribution is 2.28. The minimum atomic E-state index is 0.451. The van der Waals surface area contributed by atoms with E-state index >= 15 is 0 Å². The van der Waals surface area contributed by atoms with Crippen LogP contribution in [0.4, 0.5) is 0 Å². The van der Waals surface area contributed by atoms with E-state index in [-0.39, 0.29) is 0 Å². The number of hydrogen-bond acceptors (Lipinski definition) is 8. The van der Waals surface area contributed by atoms with Crippen molar-refractivity contribution in [2.24, 2.45) is 0 Å². The maximum atomic E-state index is 5.27. The van der Waals surface area contributed by atoms with Crippen LogP contribution in [0.3, 0.4) is 0 Å². The highest BCUT2D eigenvalue weighted by atomic mass is 32.2. The van der Waals surface area contributed by atoms with Gasteiger partial charge in [-0.1, -0.05) is 23.0 Å². The van der Waals surface area contributed by atoms with Crippen LogP contribution in [-0.4, -0.2) is 24.9 Å².